The highest BCUT2D eigenvalue weighted by Crippen LogP contribution is 2.34. The van der Waals surface area contributed by atoms with Crippen LogP contribution in [0.1, 0.15) is 23.7 Å². The van der Waals surface area contributed by atoms with E-state index in [9.17, 15) is 4.79 Å². The second kappa shape index (κ2) is 9.58. The molecule has 1 aliphatic rings. The first-order valence-corrected chi connectivity index (χ1v) is 11.3. The number of halogens is 1. The van der Waals surface area contributed by atoms with E-state index in [1.807, 2.05) is 36.4 Å². The highest BCUT2D eigenvalue weighted by atomic mass is 19.1. The molecule has 0 spiro atoms. The minimum atomic E-state index is -0.489. The lowest BCUT2D eigenvalue weighted by atomic mass is 9.99. The van der Waals surface area contributed by atoms with Crippen LogP contribution in [-0.4, -0.2) is 35.1 Å². The van der Waals surface area contributed by atoms with Gasteiger partial charge in [0.05, 0.1) is 32.1 Å². The van der Waals surface area contributed by atoms with Crippen molar-refractivity contribution in [1.29, 1.82) is 0 Å². The molecule has 0 bridgehead atoms. The number of methoxy groups -OCH3 is 2. The van der Waals surface area contributed by atoms with Crippen LogP contribution in [0, 0.1) is 5.82 Å². The number of carbonyl (C=O) groups excluding carboxylic acids is 1. The van der Waals surface area contributed by atoms with Crippen molar-refractivity contribution in [2.75, 3.05) is 19.1 Å². The van der Waals surface area contributed by atoms with Crippen molar-refractivity contribution in [2.24, 2.45) is 0 Å². The number of hydrogen-bond acceptors (Lipinski definition) is 6. The first-order valence-electron chi connectivity index (χ1n) is 11.3. The van der Waals surface area contributed by atoms with Gasteiger partial charge < -0.3 is 14.4 Å². The van der Waals surface area contributed by atoms with E-state index in [1.165, 1.54) is 26.3 Å². The van der Waals surface area contributed by atoms with E-state index in [0.29, 0.717) is 28.6 Å². The molecule has 0 saturated carbocycles. The minimum absolute atomic E-state index is 0.161. The molecular weight excluding hydrogens is 459 g/mol. The Morgan fingerprint density at radius 2 is 1.56 bits per heavy atom. The van der Waals surface area contributed by atoms with E-state index in [2.05, 4.69) is 15.0 Å². The van der Waals surface area contributed by atoms with Crippen LogP contribution in [0.15, 0.2) is 60.9 Å². The molecule has 5 rings (SSSR count). The van der Waals surface area contributed by atoms with Crippen molar-refractivity contribution < 1.29 is 18.7 Å². The van der Waals surface area contributed by atoms with Crippen LogP contribution in [0.25, 0.3) is 34.5 Å². The third-order valence-electron chi connectivity index (χ3n) is 6.04. The van der Waals surface area contributed by atoms with Crippen molar-refractivity contribution in [2.45, 2.75) is 13.5 Å². The molecule has 0 aliphatic carbocycles. The largest absolute Gasteiger partial charge is 0.481 e. The van der Waals surface area contributed by atoms with E-state index in [1.54, 1.807) is 36.4 Å². The number of carbonyl (C=O) groups is 1. The fourth-order valence-electron chi connectivity index (χ4n) is 4.13. The predicted octanol–water partition coefficient (Wildman–Crippen LogP) is 5.40. The number of pyridine rings is 3. The van der Waals surface area contributed by atoms with Crippen LogP contribution in [0.4, 0.5) is 10.1 Å². The van der Waals surface area contributed by atoms with Crippen molar-refractivity contribution in [3.63, 3.8) is 0 Å². The molecule has 1 amide bonds. The Balaban J connectivity index is 1.57. The Kier molecular flexibility index (Phi) is 6.16. The Bertz CT molecular complexity index is 1470. The van der Waals surface area contributed by atoms with Gasteiger partial charge in [-0.15, -0.1) is 0 Å². The number of anilines is 1. The van der Waals surface area contributed by atoms with E-state index in [4.69, 9.17) is 9.47 Å². The van der Waals surface area contributed by atoms with Crippen LogP contribution in [0.5, 0.6) is 11.8 Å². The second-order valence-electron chi connectivity index (χ2n) is 8.25. The second-order valence-corrected chi connectivity index (χ2v) is 8.25. The predicted molar refractivity (Wildman–Crippen MR) is 136 cm³/mol. The molecule has 4 aromatic rings. The Morgan fingerprint density at radius 3 is 2.17 bits per heavy atom. The standard InChI is InChI=1S/C28H23FN4O3/c1-17(34)33-16-22-12-23(29)28(21-8-11-27(36-3)31-15-21)32-24(22)9-6-18-4-5-19(13-25(18)33)20-7-10-26(35-2)30-14-20/h4-15H,16H2,1-3H3/b9-6-. The molecule has 0 N–H and O–H groups in total. The highest BCUT2D eigenvalue weighted by Gasteiger charge is 2.22. The zero-order valence-electron chi connectivity index (χ0n) is 20.0. The normalized spacial score (nSPS) is 13.2. The quantitative estimate of drug-likeness (QED) is 0.388. The van der Waals surface area contributed by atoms with Crippen molar-refractivity contribution in [3.05, 3.63) is 83.6 Å². The van der Waals surface area contributed by atoms with E-state index >= 15 is 4.39 Å². The third-order valence-corrected chi connectivity index (χ3v) is 6.04. The molecule has 4 heterocycles. The summed E-state index contributed by atoms with van der Waals surface area (Å²) in [6, 6.07) is 14.4. The first kappa shape index (κ1) is 23.2. The Hall–Kier alpha value is -4.59. The summed E-state index contributed by atoms with van der Waals surface area (Å²) in [6.07, 6.45) is 6.98. The highest BCUT2D eigenvalue weighted by molar-refractivity contribution is 5.96. The Labute approximate surface area is 207 Å². The topological polar surface area (TPSA) is 77.4 Å². The maximum absolute atomic E-state index is 15.2. The first-order chi connectivity index (χ1) is 17.5. The van der Waals surface area contributed by atoms with Gasteiger partial charge in [-0.05, 0) is 41.5 Å². The van der Waals surface area contributed by atoms with Gasteiger partial charge in [-0.2, -0.15) is 0 Å². The maximum atomic E-state index is 15.2. The molecule has 0 atom stereocenters. The average Bonchev–Trinajstić information content (AvgIpc) is 2.90. The van der Waals surface area contributed by atoms with Crippen molar-refractivity contribution in [1.82, 2.24) is 15.0 Å². The minimum Gasteiger partial charge on any atom is -0.481 e. The van der Waals surface area contributed by atoms with Gasteiger partial charge in [0, 0.05) is 48.1 Å². The Morgan fingerprint density at radius 1 is 0.889 bits per heavy atom. The summed E-state index contributed by atoms with van der Waals surface area (Å²) < 4.78 is 25.4. The summed E-state index contributed by atoms with van der Waals surface area (Å²) in [5.41, 5.74) is 5.27. The summed E-state index contributed by atoms with van der Waals surface area (Å²) in [4.78, 5) is 27.4. The smallest absolute Gasteiger partial charge is 0.224 e. The summed E-state index contributed by atoms with van der Waals surface area (Å²) in [5.74, 6) is 0.306. The molecule has 36 heavy (non-hydrogen) atoms. The van der Waals surface area contributed by atoms with Gasteiger partial charge in [0.2, 0.25) is 17.7 Å². The summed E-state index contributed by atoms with van der Waals surface area (Å²) in [7, 11) is 3.09. The lowest BCUT2D eigenvalue weighted by molar-refractivity contribution is -0.116. The lowest BCUT2D eigenvalue weighted by Crippen LogP contribution is -2.29. The summed E-state index contributed by atoms with van der Waals surface area (Å²) in [5, 5.41) is 0. The van der Waals surface area contributed by atoms with Crippen molar-refractivity contribution >= 4 is 23.7 Å². The fourth-order valence-corrected chi connectivity index (χ4v) is 4.13. The number of benzene rings is 1. The third kappa shape index (κ3) is 4.40. The average molecular weight is 483 g/mol. The van der Waals surface area contributed by atoms with Crippen molar-refractivity contribution in [3.8, 4) is 34.1 Å². The number of nitrogens with zero attached hydrogens (tertiary/aromatic N) is 4. The molecule has 180 valence electrons. The monoisotopic (exact) mass is 482 g/mol. The number of ether oxygens (including phenoxy) is 2. The van der Waals surface area contributed by atoms with E-state index in [0.717, 1.165) is 22.4 Å². The molecule has 1 aliphatic heterocycles. The molecule has 1 aromatic carbocycles. The molecule has 0 fully saturated rings. The maximum Gasteiger partial charge on any atom is 0.224 e. The van der Waals surface area contributed by atoms with E-state index < -0.39 is 5.82 Å². The van der Waals surface area contributed by atoms with Gasteiger partial charge in [-0.3, -0.25) is 4.79 Å². The zero-order chi connectivity index (χ0) is 25.2. The van der Waals surface area contributed by atoms with Gasteiger partial charge >= 0.3 is 0 Å². The molecule has 8 heteroatoms. The van der Waals surface area contributed by atoms with Crippen LogP contribution in [0.3, 0.4) is 0 Å². The van der Waals surface area contributed by atoms with Crippen LogP contribution in [-0.2, 0) is 11.3 Å². The van der Waals surface area contributed by atoms with Gasteiger partial charge in [0.25, 0.3) is 0 Å². The van der Waals surface area contributed by atoms with Gasteiger partial charge in [-0.25, -0.2) is 19.3 Å². The number of rotatable bonds is 4. The SMILES string of the molecule is COc1ccc(-c2ccc3c(c2)N(C(C)=O)Cc2cc(F)c(-c4ccc(OC)nc4)nc2/C=C\3)cn1. The van der Waals surface area contributed by atoms with Gasteiger partial charge in [0.15, 0.2) is 0 Å². The zero-order valence-corrected chi connectivity index (χ0v) is 20.0. The van der Waals surface area contributed by atoms with Crippen LogP contribution < -0.4 is 14.4 Å². The van der Waals surface area contributed by atoms with Crippen LogP contribution >= 0.6 is 0 Å². The van der Waals surface area contributed by atoms with Gasteiger partial charge in [-0.1, -0.05) is 18.2 Å². The number of amides is 1. The molecule has 3 aromatic heterocycles. The summed E-state index contributed by atoms with van der Waals surface area (Å²) >= 11 is 0. The van der Waals surface area contributed by atoms with Crippen LogP contribution in [0.2, 0.25) is 0 Å². The summed E-state index contributed by atoms with van der Waals surface area (Å²) in [6.45, 7) is 1.68. The van der Waals surface area contributed by atoms with Gasteiger partial charge in [0.1, 0.15) is 11.5 Å². The lowest BCUT2D eigenvalue weighted by Gasteiger charge is -2.26. The molecule has 0 radical (unpaired) electrons. The van der Waals surface area contributed by atoms with E-state index in [-0.39, 0.29) is 18.1 Å². The number of fused-ring (bicyclic) bond motifs is 2. The molecule has 0 unspecified atom stereocenters. The fraction of sp³-hybridized carbons (Fsp3) is 0.143. The molecular formula is C28H23FN4O3. The molecule has 0 saturated heterocycles. The molecule has 7 nitrogen and oxygen atoms in total. The number of hydrogen-bond donors (Lipinski definition) is 0. The number of aromatic nitrogens is 3.